The molecule has 0 aliphatic carbocycles. The van der Waals surface area contributed by atoms with Gasteiger partial charge in [-0.25, -0.2) is 4.79 Å². The normalized spacial score (nSPS) is 18.5. The van der Waals surface area contributed by atoms with Gasteiger partial charge in [-0.3, -0.25) is 4.90 Å². The Balaban J connectivity index is 2.33. The molecule has 0 bridgehead atoms. The molecule has 1 saturated heterocycles. The molecular weight excluding hydrogens is 296 g/mol. The minimum Gasteiger partial charge on any atom is -0.493 e. The van der Waals surface area contributed by atoms with Crippen molar-refractivity contribution in [2.24, 2.45) is 0 Å². The van der Waals surface area contributed by atoms with Gasteiger partial charge in [0.25, 0.3) is 0 Å². The van der Waals surface area contributed by atoms with Crippen LogP contribution in [0, 0.1) is 0 Å². The Morgan fingerprint density at radius 2 is 2.00 bits per heavy atom. The summed E-state index contributed by atoms with van der Waals surface area (Å²) in [7, 11) is 3.21. The van der Waals surface area contributed by atoms with Crippen molar-refractivity contribution in [2.45, 2.75) is 32.4 Å². The number of hydrogen-bond acceptors (Lipinski definition) is 5. The van der Waals surface area contributed by atoms with Crippen molar-refractivity contribution in [2.75, 3.05) is 33.9 Å². The minimum atomic E-state index is -0.523. The first-order valence-corrected chi connectivity index (χ1v) is 7.78. The molecule has 2 rings (SSSR count). The van der Waals surface area contributed by atoms with Gasteiger partial charge >= 0.3 is 6.09 Å². The van der Waals surface area contributed by atoms with Crippen molar-refractivity contribution in [1.82, 2.24) is 10.2 Å². The summed E-state index contributed by atoms with van der Waals surface area (Å²) in [5.41, 5.74) is 0.384. The fraction of sp³-hybridized carbons (Fsp3) is 0.588. The number of para-hydroxylation sites is 1. The second-order valence-corrected chi connectivity index (χ2v) is 6.48. The summed E-state index contributed by atoms with van der Waals surface area (Å²) in [6.45, 7) is 7.57. The van der Waals surface area contributed by atoms with Gasteiger partial charge in [0.15, 0.2) is 11.5 Å². The van der Waals surface area contributed by atoms with Crippen LogP contribution in [-0.2, 0) is 4.74 Å². The number of nitrogens with one attached hydrogen (secondary N) is 1. The van der Waals surface area contributed by atoms with Gasteiger partial charge in [0.2, 0.25) is 0 Å². The van der Waals surface area contributed by atoms with Crippen molar-refractivity contribution in [3.05, 3.63) is 23.8 Å². The summed E-state index contributed by atoms with van der Waals surface area (Å²) >= 11 is 0. The summed E-state index contributed by atoms with van der Waals surface area (Å²) in [6, 6.07) is 5.54. The van der Waals surface area contributed by atoms with Crippen LogP contribution >= 0.6 is 0 Å². The van der Waals surface area contributed by atoms with E-state index in [1.54, 1.807) is 19.1 Å². The molecule has 1 aromatic rings. The lowest BCUT2D eigenvalue weighted by Crippen LogP contribution is -2.50. The molecule has 0 radical (unpaired) electrons. The van der Waals surface area contributed by atoms with Crippen LogP contribution in [0.4, 0.5) is 4.79 Å². The lowest BCUT2D eigenvalue weighted by molar-refractivity contribution is 0.0115. The number of carbonyl (C=O) groups is 1. The van der Waals surface area contributed by atoms with Crippen molar-refractivity contribution in [1.29, 1.82) is 0 Å². The maximum atomic E-state index is 12.6. The van der Waals surface area contributed by atoms with Gasteiger partial charge in [0.1, 0.15) is 5.60 Å². The molecule has 6 nitrogen and oxygen atoms in total. The van der Waals surface area contributed by atoms with Crippen LogP contribution < -0.4 is 14.8 Å². The smallest absolute Gasteiger partial charge is 0.410 e. The largest absolute Gasteiger partial charge is 0.493 e. The number of benzene rings is 1. The molecule has 23 heavy (non-hydrogen) atoms. The lowest BCUT2D eigenvalue weighted by atomic mass is 10.0. The van der Waals surface area contributed by atoms with Crippen LogP contribution in [0.2, 0.25) is 0 Å². The molecule has 1 N–H and O–H groups in total. The standard InChI is InChI=1S/C17H26N2O4/c1-17(2,3)23-16(20)19-10-9-18-11-13(19)12-7-6-8-14(21-4)15(12)22-5/h6-8,13,18H,9-11H2,1-5H3/t13-/m0/s1. The Hall–Kier alpha value is -1.95. The average molecular weight is 322 g/mol. The number of amides is 1. The number of carbonyl (C=O) groups excluding carboxylic acids is 1. The second-order valence-electron chi connectivity index (χ2n) is 6.48. The zero-order chi connectivity index (χ0) is 17.0. The van der Waals surface area contributed by atoms with Crippen LogP contribution in [0.1, 0.15) is 32.4 Å². The van der Waals surface area contributed by atoms with Gasteiger partial charge in [-0.1, -0.05) is 12.1 Å². The fourth-order valence-corrected chi connectivity index (χ4v) is 2.70. The van der Waals surface area contributed by atoms with Gasteiger partial charge < -0.3 is 19.5 Å². The zero-order valence-electron chi connectivity index (χ0n) is 14.5. The molecule has 1 aromatic carbocycles. The highest BCUT2D eigenvalue weighted by Gasteiger charge is 2.33. The van der Waals surface area contributed by atoms with E-state index in [9.17, 15) is 4.79 Å². The van der Waals surface area contributed by atoms with Gasteiger partial charge in [-0.05, 0) is 26.8 Å². The highest BCUT2D eigenvalue weighted by atomic mass is 16.6. The van der Waals surface area contributed by atoms with E-state index in [2.05, 4.69) is 5.32 Å². The molecular formula is C17H26N2O4. The first kappa shape index (κ1) is 17.4. The molecule has 0 unspecified atom stereocenters. The molecule has 1 amide bonds. The van der Waals surface area contributed by atoms with Crippen LogP contribution in [0.5, 0.6) is 11.5 Å². The van der Waals surface area contributed by atoms with Crippen molar-refractivity contribution >= 4 is 6.09 Å². The maximum absolute atomic E-state index is 12.6. The number of ether oxygens (including phenoxy) is 3. The molecule has 1 aliphatic heterocycles. The first-order chi connectivity index (χ1) is 10.9. The highest BCUT2D eigenvalue weighted by Crippen LogP contribution is 2.37. The third kappa shape index (κ3) is 4.07. The number of methoxy groups -OCH3 is 2. The molecule has 0 saturated carbocycles. The Bertz CT molecular complexity index is 554. The summed E-state index contributed by atoms with van der Waals surface area (Å²) in [5, 5.41) is 3.32. The molecule has 1 atom stereocenters. The molecule has 1 aliphatic rings. The van der Waals surface area contributed by atoms with Crippen LogP contribution in [-0.4, -0.2) is 50.4 Å². The highest BCUT2D eigenvalue weighted by molar-refractivity contribution is 5.69. The monoisotopic (exact) mass is 322 g/mol. The molecule has 128 valence electrons. The Kier molecular flexibility index (Phi) is 5.36. The van der Waals surface area contributed by atoms with E-state index in [-0.39, 0.29) is 12.1 Å². The first-order valence-electron chi connectivity index (χ1n) is 7.78. The van der Waals surface area contributed by atoms with Gasteiger partial charge in [0.05, 0.1) is 20.3 Å². The van der Waals surface area contributed by atoms with E-state index in [0.717, 1.165) is 12.1 Å². The molecule has 6 heteroatoms. The van der Waals surface area contributed by atoms with Crippen molar-refractivity contribution in [3.63, 3.8) is 0 Å². The molecule has 1 fully saturated rings. The van der Waals surface area contributed by atoms with E-state index >= 15 is 0 Å². The van der Waals surface area contributed by atoms with Gasteiger partial charge in [0, 0.05) is 25.2 Å². The molecule has 0 spiro atoms. The second kappa shape index (κ2) is 7.08. The van der Waals surface area contributed by atoms with E-state index in [4.69, 9.17) is 14.2 Å². The SMILES string of the molecule is COc1cccc([C@@H]2CNCCN2C(=O)OC(C)(C)C)c1OC. The number of rotatable bonds is 3. The van der Waals surface area contributed by atoms with E-state index in [1.807, 2.05) is 39.0 Å². The van der Waals surface area contributed by atoms with Crippen LogP contribution in [0.25, 0.3) is 0 Å². The number of nitrogens with zero attached hydrogens (tertiary/aromatic N) is 1. The number of hydrogen-bond donors (Lipinski definition) is 1. The Labute approximate surface area is 137 Å². The van der Waals surface area contributed by atoms with E-state index in [0.29, 0.717) is 24.6 Å². The topological polar surface area (TPSA) is 60.0 Å². The zero-order valence-corrected chi connectivity index (χ0v) is 14.5. The van der Waals surface area contributed by atoms with Gasteiger partial charge in [-0.15, -0.1) is 0 Å². The summed E-state index contributed by atoms with van der Waals surface area (Å²) in [4.78, 5) is 14.3. The van der Waals surface area contributed by atoms with Crippen molar-refractivity contribution in [3.8, 4) is 11.5 Å². The predicted octanol–water partition coefficient (Wildman–Crippen LogP) is 2.59. The third-order valence-corrected chi connectivity index (χ3v) is 3.66. The molecule has 1 heterocycles. The predicted molar refractivity (Wildman–Crippen MR) is 88.1 cm³/mol. The maximum Gasteiger partial charge on any atom is 0.410 e. The Morgan fingerprint density at radius 1 is 1.26 bits per heavy atom. The summed E-state index contributed by atoms with van der Waals surface area (Å²) in [6.07, 6.45) is -0.311. The minimum absolute atomic E-state index is 0.163. The number of piperazine rings is 1. The van der Waals surface area contributed by atoms with E-state index < -0.39 is 5.60 Å². The molecule has 0 aromatic heterocycles. The van der Waals surface area contributed by atoms with E-state index in [1.165, 1.54) is 0 Å². The third-order valence-electron chi connectivity index (χ3n) is 3.66. The quantitative estimate of drug-likeness (QED) is 0.927. The summed E-state index contributed by atoms with van der Waals surface area (Å²) < 4.78 is 16.4. The Morgan fingerprint density at radius 3 is 2.61 bits per heavy atom. The van der Waals surface area contributed by atoms with Crippen LogP contribution in [0.3, 0.4) is 0 Å². The van der Waals surface area contributed by atoms with Crippen molar-refractivity contribution < 1.29 is 19.0 Å². The van der Waals surface area contributed by atoms with Gasteiger partial charge in [-0.2, -0.15) is 0 Å². The summed E-state index contributed by atoms with van der Waals surface area (Å²) in [5.74, 6) is 1.30. The fourth-order valence-electron chi connectivity index (χ4n) is 2.70. The average Bonchev–Trinajstić information content (AvgIpc) is 2.52. The van der Waals surface area contributed by atoms with Crippen LogP contribution in [0.15, 0.2) is 18.2 Å². The lowest BCUT2D eigenvalue weighted by Gasteiger charge is -2.37.